The lowest BCUT2D eigenvalue weighted by Gasteiger charge is -2.58. The fraction of sp³-hybridized carbons (Fsp3) is 0.560. The van der Waals surface area contributed by atoms with Gasteiger partial charge in [-0.2, -0.15) is 0 Å². The summed E-state index contributed by atoms with van der Waals surface area (Å²) in [4.78, 5) is 38.7. The van der Waals surface area contributed by atoms with Crippen molar-refractivity contribution in [3.8, 4) is 0 Å². The van der Waals surface area contributed by atoms with Crippen molar-refractivity contribution in [1.82, 2.24) is 10.6 Å². The fourth-order valence-corrected chi connectivity index (χ4v) is 6.96. The Labute approximate surface area is 203 Å². The van der Waals surface area contributed by atoms with Crippen LogP contribution in [0.4, 0.5) is 4.79 Å². The Balaban J connectivity index is 1.41. The number of nitrogens with one attached hydrogen (secondary N) is 2. The second-order valence-corrected chi connectivity index (χ2v) is 10.7. The molecule has 1 aromatic carbocycles. The van der Waals surface area contributed by atoms with Crippen LogP contribution >= 0.6 is 11.6 Å². The van der Waals surface area contributed by atoms with Gasteiger partial charge in [-0.15, -0.1) is 0 Å². The highest BCUT2D eigenvalue weighted by Gasteiger charge is 2.61. The van der Waals surface area contributed by atoms with Crippen LogP contribution in [0.5, 0.6) is 0 Å². The van der Waals surface area contributed by atoms with Crippen LogP contribution in [0.1, 0.15) is 57.1 Å². The van der Waals surface area contributed by atoms with E-state index in [0.29, 0.717) is 28.8 Å². The van der Waals surface area contributed by atoms with Crippen molar-refractivity contribution in [2.75, 3.05) is 13.2 Å². The first-order valence-corrected chi connectivity index (χ1v) is 12.2. The zero-order chi connectivity index (χ0) is 24.1. The van der Waals surface area contributed by atoms with E-state index in [0.717, 1.165) is 32.1 Å². The van der Waals surface area contributed by atoms with Gasteiger partial charge >= 0.3 is 18.0 Å². The maximum absolute atomic E-state index is 13.3. The average molecular weight is 489 g/mol. The molecule has 0 spiro atoms. The molecule has 4 bridgehead atoms. The van der Waals surface area contributed by atoms with Gasteiger partial charge in [0.2, 0.25) is 0 Å². The molecular weight excluding hydrogens is 460 g/mol. The van der Waals surface area contributed by atoms with Crippen molar-refractivity contribution < 1.29 is 29.0 Å². The van der Waals surface area contributed by atoms with Gasteiger partial charge < -0.3 is 25.2 Å². The third-order valence-electron chi connectivity index (χ3n) is 7.66. The van der Waals surface area contributed by atoms with Gasteiger partial charge in [0.1, 0.15) is 6.61 Å². The summed E-state index contributed by atoms with van der Waals surface area (Å²) in [5, 5.41) is 16.9. The Morgan fingerprint density at radius 3 is 2.41 bits per heavy atom. The molecule has 9 heteroatoms. The van der Waals surface area contributed by atoms with Crippen molar-refractivity contribution in [2.24, 2.45) is 17.3 Å². The quantitative estimate of drug-likeness (QED) is 0.529. The fourth-order valence-electron chi connectivity index (χ4n) is 6.83. The average Bonchev–Trinajstić information content (AvgIpc) is 2.76. The number of urea groups is 1. The Kier molecular flexibility index (Phi) is 5.84. The Morgan fingerprint density at radius 2 is 1.79 bits per heavy atom. The van der Waals surface area contributed by atoms with Gasteiger partial charge in [-0.05, 0) is 75.0 Å². The lowest BCUT2D eigenvalue weighted by Crippen LogP contribution is -2.58. The first kappa shape index (κ1) is 23.2. The molecule has 0 unspecified atom stereocenters. The van der Waals surface area contributed by atoms with Crippen molar-refractivity contribution in [3.05, 3.63) is 46.1 Å². The molecule has 34 heavy (non-hydrogen) atoms. The summed E-state index contributed by atoms with van der Waals surface area (Å²) in [5.41, 5.74) is -0.467. The lowest BCUT2D eigenvalue weighted by molar-refractivity contribution is -0.195. The van der Waals surface area contributed by atoms with E-state index in [-0.39, 0.29) is 30.5 Å². The number of carbonyl (C=O) groups is 3. The standard InChI is InChI=1S/C25H29ClN2O6/c1-2-33-21(29)19-18(27-23(31)28-20(19)16-3-5-17(26)6-4-16)12-34-22(30)24-8-14-7-15(9-24)11-25(32,10-14)13-24/h3-6,14-15,20,32H,2,7-13H2,1H3,(H2,27,28,31)/t14-,15-,20-,24?,25?/m0/s1. The molecule has 4 aliphatic carbocycles. The molecule has 4 fully saturated rings. The minimum atomic E-state index is -0.791. The molecule has 3 N–H and O–H groups in total. The van der Waals surface area contributed by atoms with Gasteiger partial charge in [0.05, 0.1) is 34.9 Å². The number of amides is 2. The molecule has 0 saturated heterocycles. The SMILES string of the molecule is CCOC(=O)C1=C(COC(=O)C23C[C@@H]4C[C@H](CC(O)(C4)C2)C3)NC(=O)N[C@H]1c1ccc(Cl)cc1. The van der Waals surface area contributed by atoms with Crippen LogP contribution in [0.25, 0.3) is 0 Å². The summed E-state index contributed by atoms with van der Waals surface area (Å²) in [7, 11) is 0. The normalized spacial score (nSPS) is 33.9. The zero-order valence-corrected chi connectivity index (χ0v) is 19.8. The van der Waals surface area contributed by atoms with Crippen LogP contribution in [0.3, 0.4) is 0 Å². The number of rotatable bonds is 6. The molecule has 0 aromatic heterocycles. The summed E-state index contributed by atoms with van der Waals surface area (Å²) in [6.07, 6.45) is 4.41. The topological polar surface area (TPSA) is 114 Å². The minimum absolute atomic E-state index is 0.154. The maximum atomic E-state index is 13.3. The van der Waals surface area contributed by atoms with Crippen molar-refractivity contribution in [3.63, 3.8) is 0 Å². The van der Waals surface area contributed by atoms with Crippen molar-refractivity contribution in [2.45, 2.75) is 57.1 Å². The Bertz CT molecular complexity index is 1040. The highest BCUT2D eigenvalue weighted by atomic mass is 35.5. The maximum Gasteiger partial charge on any atom is 0.338 e. The number of ether oxygens (including phenoxy) is 2. The van der Waals surface area contributed by atoms with Crippen LogP contribution < -0.4 is 10.6 Å². The Hall–Kier alpha value is -2.58. The molecule has 182 valence electrons. The molecule has 2 amide bonds. The molecule has 1 aromatic rings. The summed E-state index contributed by atoms with van der Waals surface area (Å²) in [6.45, 7) is 1.59. The first-order valence-electron chi connectivity index (χ1n) is 11.8. The second-order valence-electron chi connectivity index (χ2n) is 10.2. The lowest BCUT2D eigenvalue weighted by atomic mass is 9.48. The second kappa shape index (κ2) is 8.57. The van der Waals surface area contributed by atoms with Gasteiger partial charge in [-0.3, -0.25) is 4.79 Å². The van der Waals surface area contributed by atoms with Crippen LogP contribution in [-0.2, 0) is 19.1 Å². The van der Waals surface area contributed by atoms with Gasteiger partial charge in [0.15, 0.2) is 0 Å². The molecule has 1 heterocycles. The van der Waals surface area contributed by atoms with Crippen LogP contribution in [-0.4, -0.2) is 41.9 Å². The number of hydrogen-bond acceptors (Lipinski definition) is 6. The monoisotopic (exact) mass is 488 g/mol. The number of aliphatic hydroxyl groups is 1. The van der Waals surface area contributed by atoms with Gasteiger partial charge in [-0.25, -0.2) is 9.59 Å². The smallest absolute Gasteiger partial charge is 0.338 e. The van der Waals surface area contributed by atoms with Crippen LogP contribution in [0, 0.1) is 17.3 Å². The van der Waals surface area contributed by atoms with Crippen LogP contribution in [0.15, 0.2) is 35.5 Å². The molecule has 3 atom stereocenters. The van der Waals surface area contributed by atoms with Gasteiger partial charge in [-0.1, -0.05) is 23.7 Å². The van der Waals surface area contributed by atoms with Gasteiger partial charge in [0, 0.05) is 5.02 Å². The number of halogens is 1. The minimum Gasteiger partial charge on any atom is -0.463 e. The van der Waals surface area contributed by atoms with E-state index in [9.17, 15) is 19.5 Å². The molecule has 0 radical (unpaired) electrons. The first-order chi connectivity index (χ1) is 16.2. The van der Waals surface area contributed by atoms with Crippen LogP contribution in [0.2, 0.25) is 5.02 Å². The van der Waals surface area contributed by atoms with E-state index in [4.69, 9.17) is 21.1 Å². The molecule has 1 aliphatic heterocycles. The Morgan fingerprint density at radius 1 is 1.12 bits per heavy atom. The van der Waals surface area contributed by atoms with E-state index in [1.807, 2.05) is 0 Å². The van der Waals surface area contributed by atoms with Crippen molar-refractivity contribution >= 4 is 29.6 Å². The van der Waals surface area contributed by atoms with E-state index in [1.54, 1.807) is 31.2 Å². The summed E-state index contributed by atoms with van der Waals surface area (Å²) in [5.74, 6) is -0.307. The predicted octanol–water partition coefficient (Wildman–Crippen LogP) is 3.39. The van der Waals surface area contributed by atoms with Gasteiger partial charge in [0.25, 0.3) is 0 Å². The number of carbonyl (C=O) groups excluding carboxylic acids is 3. The molecule has 5 aliphatic rings. The third kappa shape index (κ3) is 4.18. The number of hydrogen-bond donors (Lipinski definition) is 3. The highest BCUT2D eigenvalue weighted by molar-refractivity contribution is 6.30. The molecule has 4 saturated carbocycles. The summed E-state index contributed by atoms with van der Waals surface area (Å²) in [6, 6.07) is 5.49. The summed E-state index contributed by atoms with van der Waals surface area (Å²) < 4.78 is 11.0. The number of benzene rings is 1. The van der Waals surface area contributed by atoms with E-state index in [1.165, 1.54) is 0 Å². The molecule has 6 rings (SSSR count). The zero-order valence-electron chi connectivity index (χ0n) is 19.1. The molecule has 8 nitrogen and oxygen atoms in total. The predicted molar refractivity (Wildman–Crippen MR) is 123 cm³/mol. The van der Waals surface area contributed by atoms with E-state index in [2.05, 4.69) is 10.6 Å². The molecular formula is C25H29ClN2O6. The highest BCUT2D eigenvalue weighted by Crippen LogP contribution is 2.62. The van der Waals surface area contributed by atoms with E-state index < -0.39 is 29.1 Å². The third-order valence-corrected chi connectivity index (χ3v) is 7.92. The summed E-state index contributed by atoms with van der Waals surface area (Å²) >= 11 is 6.00. The number of esters is 2. The van der Waals surface area contributed by atoms with Crippen molar-refractivity contribution in [1.29, 1.82) is 0 Å². The van der Waals surface area contributed by atoms with E-state index >= 15 is 0 Å². The largest absolute Gasteiger partial charge is 0.463 e.